The number of nitrogens with zero attached hydrogens (tertiary/aromatic N) is 2. The predicted molar refractivity (Wildman–Crippen MR) is 136 cm³/mol. The molecule has 0 spiro atoms. The van der Waals surface area contributed by atoms with Crippen LogP contribution in [0.3, 0.4) is 0 Å². The third kappa shape index (κ3) is 5.59. The van der Waals surface area contributed by atoms with Crippen LogP contribution < -0.4 is 14.2 Å². The van der Waals surface area contributed by atoms with Gasteiger partial charge in [0, 0.05) is 32.1 Å². The van der Waals surface area contributed by atoms with E-state index in [4.69, 9.17) is 14.2 Å². The number of carbonyl (C=O) groups excluding carboxylic acids is 1. The number of carboxylic acids is 1. The maximum atomic E-state index is 13.2. The van der Waals surface area contributed by atoms with Gasteiger partial charge in [0.1, 0.15) is 5.75 Å². The summed E-state index contributed by atoms with van der Waals surface area (Å²) in [7, 11) is 3.43. The Morgan fingerprint density at radius 3 is 2.47 bits per heavy atom. The van der Waals surface area contributed by atoms with Crippen LogP contribution in [0.1, 0.15) is 55.7 Å². The third-order valence-electron chi connectivity index (χ3n) is 7.28. The Balaban J connectivity index is 1.61. The first kappa shape index (κ1) is 25.8. The highest BCUT2D eigenvalue weighted by atomic mass is 16.7. The summed E-state index contributed by atoms with van der Waals surface area (Å²) >= 11 is 0. The van der Waals surface area contributed by atoms with E-state index in [9.17, 15) is 14.7 Å². The summed E-state index contributed by atoms with van der Waals surface area (Å²) in [5.41, 5.74) is 1.72. The van der Waals surface area contributed by atoms with Crippen LogP contribution >= 0.6 is 0 Å². The lowest BCUT2D eigenvalue weighted by Gasteiger charge is -2.28. The summed E-state index contributed by atoms with van der Waals surface area (Å²) in [6.45, 7) is 3.63. The summed E-state index contributed by atoms with van der Waals surface area (Å²) in [6.07, 6.45) is 4.37. The van der Waals surface area contributed by atoms with Crippen LogP contribution in [-0.4, -0.2) is 67.4 Å². The van der Waals surface area contributed by atoms with Crippen LogP contribution in [-0.2, 0) is 9.59 Å². The molecule has 0 radical (unpaired) electrons. The molecule has 3 atom stereocenters. The molecule has 36 heavy (non-hydrogen) atoms. The van der Waals surface area contributed by atoms with Gasteiger partial charge in [0.25, 0.3) is 0 Å². The van der Waals surface area contributed by atoms with Gasteiger partial charge in [-0.25, -0.2) is 0 Å². The van der Waals surface area contributed by atoms with Crippen LogP contribution in [0.15, 0.2) is 42.5 Å². The first-order valence-electron chi connectivity index (χ1n) is 12.7. The number of carbonyl (C=O) groups is 2. The number of likely N-dealkylation sites (N-methyl/N-ethyl adjacent to an activating group) is 1. The first-order valence-corrected chi connectivity index (χ1v) is 12.7. The van der Waals surface area contributed by atoms with Crippen molar-refractivity contribution in [1.82, 2.24) is 9.80 Å². The third-order valence-corrected chi connectivity index (χ3v) is 7.28. The van der Waals surface area contributed by atoms with E-state index in [1.54, 1.807) is 12.0 Å². The summed E-state index contributed by atoms with van der Waals surface area (Å²) in [4.78, 5) is 29.7. The molecule has 0 aliphatic carbocycles. The van der Waals surface area contributed by atoms with Gasteiger partial charge in [-0.1, -0.05) is 44.4 Å². The lowest BCUT2D eigenvalue weighted by molar-refractivity contribution is -0.143. The van der Waals surface area contributed by atoms with E-state index in [-0.39, 0.29) is 25.2 Å². The SMILES string of the molecule is CCCCCCN(C)C(=O)CN1C[C@@H](c2ccc3c(c2)OCO3)[C@H](C(=O)O)[C@H]1c1ccc(OC)cc1. The highest BCUT2D eigenvalue weighted by molar-refractivity contribution is 5.79. The Labute approximate surface area is 212 Å². The lowest BCUT2D eigenvalue weighted by atomic mass is 9.82. The molecular formula is C28H36N2O6. The van der Waals surface area contributed by atoms with Crippen molar-refractivity contribution >= 4 is 11.9 Å². The first-order chi connectivity index (χ1) is 17.4. The molecule has 8 heteroatoms. The minimum atomic E-state index is -0.888. The van der Waals surface area contributed by atoms with Crippen LogP contribution in [0.25, 0.3) is 0 Å². The van der Waals surface area contributed by atoms with Gasteiger partial charge in [-0.05, 0) is 41.8 Å². The quantitative estimate of drug-likeness (QED) is 0.464. The van der Waals surface area contributed by atoms with Crippen molar-refractivity contribution in [2.24, 2.45) is 5.92 Å². The Kier molecular flexibility index (Phi) is 8.36. The number of aliphatic carboxylic acids is 1. The van der Waals surface area contributed by atoms with Gasteiger partial charge in [-0.2, -0.15) is 0 Å². The monoisotopic (exact) mass is 496 g/mol. The molecule has 194 valence electrons. The molecule has 2 aromatic carbocycles. The fourth-order valence-electron chi connectivity index (χ4n) is 5.27. The molecule has 8 nitrogen and oxygen atoms in total. The molecule has 1 saturated heterocycles. The van der Waals surface area contributed by atoms with Crippen molar-refractivity contribution in [3.63, 3.8) is 0 Å². The van der Waals surface area contributed by atoms with Gasteiger partial charge in [0.15, 0.2) is 11.5 Å². The predicted octanol–water partition coefficient (Wildman–Crippen LogP) is 4.30. The summed E-state index contributed by atoms with van der Waals surface area (Å²) in [5, 5.41) is 10.4. The molecule has 2 aromatic rings. The number of rotatable bonds is 11. The maximum absolute atomic E-state index is 13.2. The van der Waals surface area contributed by atoms with Gasteiger partial charge < -0.3 is 24.2 Å². The number of amides is 1. The van der Waals surface area contributed by atoms with E-state index in [1.165, 1.54) is 0 Å². The van der Waals surface area contributed by atoms with Crippen molar-refractivity contribution in [2.75, 3.05) is 40.6 Å². The molecule has 0 aromatic heterocycles. The fourth-order valence-corrected chi connectivity index (χ4v) is 5.27. The fraction of sp³-hybridized carbons (Fsp3) is 0.500. The second kappa shape index (κ2) is 11.6. The normalized spacial score (nSPS) is 20.9. The molecular weight excluding hydrogens is 460 g/mol. The van der Waals surface area contributed by atoms with Gasteiger partial charge in [0.05, 0.1) is 19.6 Å². The van der Waals surface area contributed by atoms with E-state index in [0.29, 0.717) is 30.3 Å². The van der Waals surface area contributed by atoms with Crippen LogP contribution in [0.5, 0.6) is 17.2 Å². The zero-order valence-corrected chi connectivity index (χ0v) is 21.3. The van der Waals surface area contributed by atoms with Crippen molar-refractivity contribution in [2.45, 2.75) is 44.6 Å². The van der Waals surface area contributed by atoms with Crippen molar-refractivity contribution in [3.05, 3.63) is 53.6 Å². The number of benzene rings is 2. The minimum absolute atomic E-state index is 0.000450. The molecule has 1 N–H and O–H groups in total. The largest absolute Gasteiger partial charge is 0.497 e. The standard InChI is InChI=1S/C28H36N2O6/c1-4-5-6-7-14-29(2)25(31)17-30-16-22(20-10-13-23-24(15-20)36-18-35-23)26(28(32)33)27(30)19-8-11-21(34-3)12-9-19/h8-13,15,22,26-27H,4-7,14,16-18H2,1-3H3,(H,32,33)/t22-,26-,27+/m0/s1. The van der Waals surface area contributed by atoms with E-state index in [1.807, 2.05) is 54.4 Å². The molecule has 2 aliphatic heterocycles. The molecule has 0 bridgehead atoms. The van der Waals surface area contributed by atoms with Gasteiger partial charge >= 0.3 is 5.97 Å². The average Bonchev–Trinajstić information content (AvgIpc) is 3.50. The Morgan fingerprint density at radius 2 is 1.78 bits per heavy atom. The summed E-state index contributed by atoms with van der Waals surface area (Å²) in [6, 6.07) is 12.6. The van der Waals surface area contributed by atoms with Crippen LogP contribution in [0, 0.1) is 5.92 Å². The number of carboxylic acid groups (broad SMARTS) is 1. The molecule has 0 unspecified atom stereocenters. The van der Waals surface area contributed by atoms with E-state index in [2.05, 4.69) is 6.92 Å². The smallest absolute Gasteiger partial charge is 0.309 e. The van der Waals surface area contributed by atoms with Crippen LogP contribution in [0.2, 0.25) is 0 Å². The van der Waals surface area contributed by atoms with E-state index >= 15 is 0 Å². The van der Waals surface area contributed by atoms with Gasteiger partial charge in [-0.3, -0.25) is 14.5 Å². The molecule has 1 fully saturated rings. The Hall–Kier alpha value is -3.26. The number of likely N-dealkylation sites (tertiary alicyclic amines) is 1. The van der Waals surface area contributed by atoms with Crippen molar-refractivity contribution in [1.29, 1.82) is 0 Å². The van der Waals surface area contributed by atoms with Crippen molar-refractivity contribution < 1.29 is 28.9 Å². The highest BCUT2D eigenvalue weighted by Crippen LogP contribution is 2.47. The number of ether oxygens (including phenoxy) is 3. The Bertz CT molecular complexity index is 1060. The Morgan fingerprint density at radius 1 is 1.06 bits per heavy atom. The minimum Gasteiger partial charge on any atom is -0.497 e. The number of unbranched alkanes of at least 4 members (excludes halogenated alkanes) is 3. The molecule has 0 saturated carbocycles. The lowest BCUT2D eigenvalue weighted by Crippen LogP contribution is -2.39. The second-order valence-electron chi connectivity index (χ2n) is 9.61. The van der Waals surface area contributed by atoms with E-state index in [0.717, 1.165) is 36.8 Å². The van der Waals surface area contributed by atoms with Crippen LogP contribution in [0.4, 0.5) is 0 Å². The topological polar surface area (TPSA) is 88.5 Å². The molecule has 2 aliphatic rings. The second-order valence-corrected chi connectivity index (χ2v) is 9.61. The highest BCUT2D eigenvalue weighted by Gasteiger charge is 2.48. The number of fused-ring (bicyclic) bond motifs is 1. The number of hydrogen-bond donors (Lipinski definition) is 1. The van der Waals surface area contributed by atoms with Gasteiger partial charge in [-0.15, -0.1) is 0 Å². The number of methoxy groups -OCH3 is 1. The zero-order valence-electron chi connectivity index (χ0n) is 21.3. The average molecular weight is 497 g/mol. The summed E-state index contributed by atoms with van der Waals surface area (Å²) < 4.78 is 16.3. The zero-order chi connectivity index (χ0) is 25.7. The summed E-state index contributed by atoms with van der Waals surface area (Å²) in [5.74, 6) is 0.0476. The molecule has 1 amide bonds. The maximum Gasteiger partial charge on any atom is 0.309 e. The van der Waals surface area contributed by atoms with E-state index < -0.39 is 17.9 Å². The van der Waals surface area contributed by atoms with Crippen molar-refractivity contribution in [3.8, 4) is 17.2 Å². The molecule has 2 heterocycles. The molecule has 4 rings (SSSR count). The number of hydrogen-bond acceptors (Lipinski definition) is 6. The van der Waals surface area contributed by atoms with Gasteiger partial charge in [0.2, 0.25) is 12.7 Å².